The standard InChI is InChI=1S/C17H28N2O2S/c1-17(2,3)21-16(20)19(4)11-6-10-18-14-7-5-8-15-13(14)9-12-22-15/h9,12,14,18H,5-8,10-11H2,1-4H3. The molecule has 0 radical (unpaired) electrons. The average molecular weight is 324 g/mol. The summed E-state index contributed by atoms with van der Waals surface area (Å²) >= 11 is 1.87. The van der Waals surface area contributed by atoms with E-state index in [0.717, 1.165) is 13.0 Å². The van der Waals surface area contributed by atoms with Gasteiger partial charge in [-0.05, 0) is 70.0 Å². The highest BCUT2D eigenvalue weighted by Crippen LogP contribution is 2.33. The van der Waals surface area contributed by atoms with Crippen molar-refractivity contribution in [3.8, 4) is 0 Å². The number of thiophene rings is 1. The van der Waals surface area contributed by atoms with Gasteiger partial charge in [-0.15, -0.1) is 11.3 Å². The number of carbonyl (C=O) groups excluding carboxylic acids is 1. The van der Waals surface area contributed by atoms with Crippen molar-refractivity contribution in [2.75, 3.05) is 20.1 Å². The van der Waals surface area contributed by atoms with Gasteiger partial charge in [-0.25, -0.2) is 4.79 Å². The van der Waals surface area contributed by atoms with Gasteiger partial charge in [0.05, 0.1) is 0 Å². The quantitative estimate of drug-likeness (QED) is 0.833. The zero-order valence-electron chi connectivity index (χ0n) is 14.1. The predicted molar refractivity (Wildman–Crippen MR) is 91.5 cm³/mol. The third kappa shape index (κ3) is 4.99. The highest BCUT2D eigenvalue weighted by molar-refractivity contribution is 7.10. The second-order valence-electron chi connectivity index (χ2n) is 6.95. The van der Waals surface area contributed by atoms with Crippen molar-refractivity contribution in [1.29, 1.82) is 0 Å². The Morgan fingerprint density at radius 2 is 2.27 bits per heavy atom. The van der Waals surface area contributed by atoms with E-state index in [0.29, 0.717) is 12.6 Å². The van der Waals surface area contributed by atoms with Crippen molar-refractivity contribution in [2.45, 2.75) is 58.1 Å². The van der Waals surface area contributed by atoms with E-state index in [1.807, 2.05) is 32.1 Å². The van der Waals surface area contributed by atoms with E-state index in [-0.39, 0.29) is 6.09 Å². The van der Waals surface area contributed by atoms with E-state index >= 15 is 0 Å². The maximum atomic E-state index is 11.9. The minimum atomic E-state index is -0.430. The Morgan fingerprint density at radius 3 is 3.00 bits per heavy atom. The summed E-state index contributed by atoms with van der Waals surface area (Å²) in [5, 5.41) is 5.83. The Labute approximate surface area is 137 Å². The molecule has 1 atom stereocenters. The number of nitrogens with zero attached hydrogens (tertiary/aromatic N) is 1. The Morgan fingerprint density at radius 1 is 1.50 bits per heavy atom. The molecule has 0 aliphatic heterocycles. The Kier molecular flexibility index (Phi) is 5.87. The Bertz CT molecular complexity index is 493. The van der Waals surface area contributed by atoms with Gasteiger partial charge >= 0.3 is 6.09 Å². The average Bonchev–Trinajstić information content (AvgIpc) is 2.90. The molecule has 1 aliphatic rings. The van der Waals surface area contributed by atoms with Gasteiger partial charge in [-0.2, -0.15) is 0 Å². The van der Waals surface area contributed by atoms with Crippen LogP contribution in [-0.4, -0.2) is 36.7 Å². The molecule has 0 saturated heterocycles. The van der Waals surface area contributed by atoms with Gasteiger partial charge in [0.15, 0.2) is 0 Å². The fraction of sp³-hybridized carbons (Fsp3) is 0.706. The first kappa shape index (κ1) is 17.3. The van der Waals surface area contributed by atoms with E-state index in [2.05, 4.69) is 16.8 Å². The topological polar surface area (TPSA) is 41.6 Å². The van der Waals surface area contributed by atoms with E-state index in [9.17, 15) is 4.79 Å². The highest BCUT2D eigenvalue weighted by Gasteiger charge is 2.21. The monoisotopic (exact) mass is 324 g/mol. The van der Waals surface area contributed by atoms with E-state index < -0.39 is 5.60 Å². The zero-order chi connectivity index (χ0) is 16.2. The van der Waals surface area contributed by atoms with Crippen LogP contribution in [0, 0.1) is 0 Å². The van der Waals surface area contributed by atoms with Crippen LogP contribution in [0.1, 0.15) is 56.5 Å². The van der Waals surface area contributed by atoms with Crippen LogP contribution >= 0.6 is 11.3 Å². The number of carbonyl (C=O) groups is 1. The van der Waals surface area contributed by atoms with Gasteiger partial charge < -0.3 is 15.0 Å². The van der Waals surface area contributed by atoms with Crippen molar-refractivity contribution < 1.29 is 9.53 Å². The summed E-state index contributed by atoms with van der Waals surface area (Å²) in [6.07, 6.45) is 4.40. The fourth-order valence-corrected chi connectivity index (χ4v) is 3.71. The summed E-state index contributed by atoms with van der Waals surface area (Å²) < 4.78 is 5.35. The molecule has 22 heavy (non-hydrogen) atoms. The minimum absolute atomic E-state index is 0.245. The molecular weight excluding hydrogens is 296 g/mol. The van der Waals surface area contributed by atoms with Crippen LogP contribution in [0.25, 0.3) is 0 Å². The maximum absolute atomic E-state index is 11.9. The van der Waals surface area contributed by atoms with Crippen LogP contribution in [0.15, 0.2) is 11.4 Å². The first-order chi connectivity index (χ1) is 10.4. The molecule has 4 nitrogen and oxygen atoms in total. The largest absolute Gasteiger partial charge is 0.444 e. The van der Waals surface area contributed by atoms with Gasteiger partial charge in [0.1, 0.15) is 5.60 Å². The molecule has 0 bridgehead atoms. The number of amides is 1. The molecule has 0 aromatic carbocycles. The fourth-order valence-electron chi connectivity index (χ4n) is 2.72. The molecule has 1 N–H and O–H groups in total. The normalized spacial score (nSPS) is 17.9. The first-order valence-corrected chi connectivity index (χ1v) is 8.98. The minimum Gasteiger partial charge on any atom is -0.444 e. The number of hydrogen-bond acceptors (Lipinski definition) is 4. The van der Waals surface area contributed by atoms with E-state index in [1.54, 1.807) is 11.9 Å². The molecule has 1 aromatic rings. The molecule has 1 unspecified atom stereocenters. The number of fused-ring (bicyclic) bond motifs is 1. The second kappa shape index (κ2) is 7.47. The van der Waals surface area contributed by atoms with Crippen molar-refractivity contribution >= 4 is 17.4 Å². The molecule has 5 heteroatoms. The number of nitrogens with one attached hydrogen (secondary N) is 1. The molecule has 1 aliphatic carbocycles. The maximum Gasteiger partial charge on any atom is 0.410 e. The summed E-state index contributed by atoms with van der Waals surface area (Å²) in [6.45, 7) is 7.31. The second-order valence-corrected chi connectivity index (χ2v) is 7.95. The summed E-state index contributed by atoms with van der Waals surface area (Å²) in [7, 11) is 1.80. The van der Waals surface area contributed by atoms with Crippen LogP contribution in [0.5, 0.6) is 0 Å². The smallest absolute Gasteiger partial charge is 0.410 e. The molecule has 1 amide bonds. The third-order valence-electron chi connectivity index (χ3n) is 3.82. The van der Waals surface area contributed by atoms with Crippen LogP contribution in [-0.2, 0) is 11.2 Å². The highest BCUT2D eigenvalue weighted by atomic mass is 32.1. The molecule has 1 heterocycles. The predicted octanol–water partition coefficient (Wildman–Crippen LogP) is 3.97. The van der Waals surface area contributed by atoms with Gasteiger partial charge in [0.2, 0.25) is 0 Å². The van der Waals surface area contributed by atoms with Gasteiger partial charge in [0.25, 0.3) is 0 Å². The molecule has 0 spiro atoms. The molecular formula is C17H28N2O2S. The number of rotatable bonds is 5. The van der Waals surface area contributed by atoms with Crippen LogP contribution in [0.4, 0.5) is 4.79 Å². The van der Waals surface area contributed by atoms with E-state index in [4.69, 9.17) is 4.74 Å². The molecule has 0 saturated carbocycles. The Hall–Kier alpha value is -1.07. The van der Waals surface area contributed by atoms with Crippen molar-refractivity contribution in [3.63, 3.8) is 0 Å². The lowest BCUT2D eigenvalue weighted by atomic mass is 9.94. The van der Waals surface area contributed by atoms with E-state index in [1.165, 1.54) is 29.7 Å². The van der Waals surface area contributed by atoms with Gasteiger partial charge in [-0.1, -0.05) is 0 Å². The molecule has 1 aromatic heterocycles. The zero-order valence-corrected chi connectivity index (χ0v) is 15.0. The lowest BCUT2D eigenvalue weighted by Crippen LogP contribution is -2.36. The SMILES string of the molecule is CN(CCCNC1CCCc2sccc21)C(=O)OC(C)(C)C. The third-order valence-corrected chi connectivity index (χ3v) is 4.81. The van der Waals surface area contributed by atoms with Gasteiger partial charge in [0, 0.05) is 24.5 Å². The number of ether oxygens (including phenoxy) is 1. The van der Waals surface area contributed by atoms with Crippen molar-refractivity contribution in [2.24, 2.45) is 0 Å². The van der Waals surface area contributed by atoms with Crippen LogP contribution in [0.3, 0.4) is 0 Å². The molecule has 2 rings (SSSR count). The number of aryl methyl sites for hydroxylation is 1. The molecule has 124 valence electrons. The molecule has 0 fully saturated rings. The summed E-state index contributed by atoms with van der Waals surface area (Å²) in [5.74, 6) is 0. The summed E-state index contributed by atoms with van der Waals surface area (Å²) in [4.78, 5) is 15.1. The van der Waals surface area contributed by atoms with Gasteiger partial charge in [-0.3, -0.25) is 0 Å². The Balaban J connectivity index is 1.69. The lowest BCUT2D eigenvalue weighted by molar-refractivity contribution is 0.0297. The van der Waals surface area contributed by atoms with Crippen molar-refractivity contribution in [1.82, 2.24) is 10.2 Å². The number of hydrogen-bond donors (Lipinski definition) is 1. The van der Waals surface area contributed by atoms with Crippen LogP contribution in [0.2, 0.25) is 0 Å². The summed E-state index contributed by atoms with van der Waals surface area (Å²) in [5.41, 5.74) is 1.05. The van der Waals surface area contributed by atoms with Crippen LogP contribution < -0.4 is 5.32 Å². The van der Waals surface area contributed by atoms with Crippen molar-refractivity contribution in [3.05, 3.63) is 21.9 Å². The summed E-state index contributed by atoms with van der Waals surface area (Å²) in [6, 6.07) is 2.74. The lowest BCUT2D eigenvalue weighted by Gasteiger charge is -2.26. The first-order valence-electron chi connectivity index (χ1n) is 8.10.